The van der Waals surface area contributed by atoms with E-state index in [4.69, 9.17) is 19.6 Å². The van der Waals surface area contributed by atoms with E-state index in [9.17, 15) is 4.79 Å². The smallest absolute Gasteiger partial charge is 0.226 e. The molecule has 0 saturated heterocycles. The summed E-state index contributed by atoms with van der Waals surface area (Å²) in [5.41, 5.74) is 3.74. The summed E-state index contributed by atoms with van der Waals surface area (Å²) in [4.78, 5) is 17.5. The highest BCUT2D eigenvalue weighted by Crippen LogP contribution is 2.43. The molecular weight excluding hydrogens is 424 g/mol. The highest BCUT2D eigenvalue weighted by atomic mass is 32.1. The minimum absolute atomic E-state index is 0.0466. The topological polar surface area (TPSA) is 78.3 Å². The molecule has 0 spiro atoms. The van der Waals surface area contributed by atoms with Crippen molar-refractivity contribution in [1.82, 2.24) is 14.8 Å². The minimum atomic E-state index is -0.130. The molecule has 0 unspecified atom stereocenters. The number of anilines is 1. The zero-order valence-electron chi connectivity index (χ0n) is 18.2. The van der Waals surface area contributed by atoms with Crippen LogP contribution in [0.4, 0.5) is 5.82 Å². The maximum Gasteiger partial charge on any atom is 0.226 e. The highest BCUT2D eigenvalue weighted by molar-refractivity contribution is 7.20. The molecule has 8 heteroatoms. The van der Waals surface area contributed by atoms with Crippen LogP contribution in [0.5, 0.6) is 11.5 Å². The van der Waals surface area contributed by atoms with E-state index in [2.05, 4.69) is 5.32 Å². The fraction of sp³-hybridized carbons (Fsp3) is 0.292. The van der Waals surface area contributed by atoms with Crippen LogP contribution in [0.25, 0.3) is 15.3 Å². The number of fused-ring (bicyclic) bond motifs is 2. The van der Waals surface area contributed by atoms with Crippen LogP contribution in [-0.2, 0) is 4.79 Å². The van der Waals surface area contributed by atoms with E-state index < -0.39 is 0 Å². The second kappa shape index (κ2) is 8.27. The van der Waals surface area contributed by atoms with Gasteiger partial charge in [-0.25, -0.2) is 4.98 Å². The van der Waals surface area contributed by atoms with Gasteiger partial charge in [0.1, 0.15) is 17.3 Å². The number of nitrogens with zero attached hydrogens (tertiary/aromatic N) is 3. The van der Waals surface area contributed by atoms with Gasteiger partial charge < -0.3 is 14.8 Å². The molecule has 1 amide bonds. The van der Waals surface area contributed by atoms with Gasteiger partial charge in [-0.2, -0.15) is 9.78 Å². The molecule has 7 nitrogen and oxygen atoms in total. The lowest BCUT2D eigenvalue weighted by Gasteiger charge is -2.25. The Kier molecular flexibility index (Phi) is 5.30. The van der Waals surface area contributed by atoms with Crippen LogP contribution in [0.2, 0.25) is 0 Å². The predicted octanol–water partition coefficient (Wildman–Crippen LogP) is 5.06. The van der Waals surface area contributed by atoms with Gasteiger partial charge in [-0.1, -0.05) is 29.5 Å². The monoisotopic (exact) mass is 448 g/mol. The van der Waals surface area contributed by atoms with E-state index >= 15 is 0 Å². The SMILES string of the molecule is CCOc1ccc2nc(-n3nc(C)c4c3NC(=O)C[C@@H]4c3ccccc3OCC)sc2c1. The third-order valence-electron chi connectivity index (χ3n) is 5.54. The largest absolute Gasteiger partial charge is 0.494 e. The standard InChI is InChI=1S/C24H24N4O3S/c1-4-30-15-10-11-18-20(12-15)32-24(25-18)28-23-22(14(3)27-28)17(13-21(29)26-23)16-8-6-7-9-19(16)31-5-2/h6-12,17H,4-5,13H2,1-3H3,(H,26,29)/t17-/m1/s1. The van der Waals surface area contributed by atoms with Crippen molar-refractivity contribution in [2.75, 3.05) is 18.5 Å². The molecule has 1 atom stereocenters. The van der Waals surface area contributed by atoms with Crippen LogP contribution in [0.1, 0.15) is 43.0 Å². The number of para-hydroxylation sites is 1. The van der Waals surface area contributed by atoms with Gasteiger partial charge in [0.2, 0.25) is 11.0 Å². The molecule has 2 aromatic carbocycles. The van der Waals surface area contributed by atoms with Crippen molar-refractivity contribution in [3.63, 3.8) is 0 Å². The lowest BCUT2D eigenvalue weighted by Crippen LogP contribution is -2.25. The maximum atomic E-state index is 12.7. The van der Waals surface area contributed by atoms with E-state index in [-0.39, 0.29) is 11.8 Å². The molecular formula is C24H24N4O3S. The summed E-state index contributed by atoms with van der Waals surface area (Å²) in [5.74, 6) is 2.12. The van der Waals surface area contributed by atoms with Crippen molar-refractivity contribution in [1.29, 1.82) is 0 Å². The number of nitrogens with one attached hydrogen (secondary N) is 1. The third-order valence-corrected chi connectivity index (χ3v) is 6.53. The number of carbonyl (C=O) groups is 1. The molecule has 0 saturated carbocycles. The average Bonchev–Trinajstić information content (AvgIpc) is 3.34. The Bertz CT molecular complexity index is 1310. The molecule has 3 heterocycles. The Morgan fingerprint density at radius 2 is 1.97 bits per heavy atom. The second-order valence-electron chi connectivity index (χ2n) is 7.59. The number of hydrogen-bond donors (Lipinski definition) is 1. The Balaban J connectivity index is 1.62. The zero-order chi connectivity index (χ0) is 22.2. The molecule has 4 aromatic rings. The number of aryl methyl sites for hydroxylation is 1. The third kappa shape index (κ3) is 3.50. The summed E-state index contributed by atoms with van der Waals surface area (Å²) >= 11 is 1.52. The number of rotatable bonds is 6. The molecule has 0 aliphatic carbocycles. The summed E-state index contributed by atoms with van der Waals surface area (Å²) < 4.78 is 14.2. The van der Waals surface area contributed by atoms with Crippen LogP contribution in [0.3, 0.4) is 0 Å². The molecule has 164 valence electrons. The van der Waals surface area contributed by atoms with Crippen molar-refractivity contribution in [3.8, 4) is 16.6 Å². The molecule has 0 radical (unpaired) electrons. The van der Waals surface area contributed by atoms with Crippen LogP contribution in [0, 0.1) is 6.92 Å². The van der Waals surface area contributed by atoms with Gasteiger partial charge in [-0.05, 0) is 45.0 Å². The van der Waals surface area contributed by atoms with Gasteiger partial charge in [0, 0.05) is 23.5 Å². The lowest BCUT2D eigenvalue weighted by atomic mass is 9.85. The quantitative estimate of drug-likeness (QED) is 0.446. The highest BCUT2D eigenvalue weighted by Gasteiger charge is 2.34. The lowest BCUT2D eigenvalue weighted by molar-refractivity contribution is -0.116. The van der Waals surface area contributed by atoms with E-state index in [1.54, 1.807) is 4.68 Å². The zero-order valence-corrected chi connectivity index (χ0v) is 19.0. The Hall–Kier alpha value is -3.39. The number of ether oxygens (including phenoxy) is 2. The van der Waals surface area contributed by atoms with Gasteiger partial charge in [0.25, 0.3) is 0 Å². The van der Waals surface area contributed by atoms with Crippen LogP contribution in [0.15, 0.2) is 42.5 Å². The van der Waals surface area contributed by atoms with Crippen molar-refractivity contribution in [2.45, 2.75) is 33.1 Å². The van der Waals surface area contributed by atoms with E-state index in [1.807, 2.05) is 63.2 Å². The number of amides is 1. The summed E-state index contributed by atoms with van der Waals surface area (Å²) in [6.45, 7) is 7.08. The number of thiazole rings is 1. The average molecular weight is 449 g/mol. The summed E-state index contributed by atoms with van der Waals surface area (Å²) in [7, 11) is 0. The molecule has 32 heavy (non-hydrogen) atoms. The normalized spacial score (nSPS) is 15.5. The van der Waals surface area contributed by atoms with Gasteiger partial charge in [-0.15, -0.1) is 0 Å². The first-order chi connectivity index (χ1) is 15.6. The minimum Gasteiger partial charge on any atom is -0.494 e. The van der Waals surface area contributed by atoms with Gasteiger partial charge >= 0.3 is 0 Å². The number of carbonyl (C=O) groups excluding carboxylic acids is 1. The summed E-state index contributed by atoms with van der Waals surface area (Å²) in [6, 6.07) is 13.8. The summed E-state index contributed by atoms with van der Waals surface area (Å²) in [6.07, 6.45) is 0.348. The Morgan fingerprint density at radius 3 is 2.78 bits per heavy atom. The molecule has 1 aliphatic heterocycles. The van der Waals surface area contributed by atoms with Crippen molar-refractivity contribution in [2.24, 2.45) is 0 Å². The molecule has 1 N–H and O–H groups in total. The fourth-order valence-corrected chi connectivity index (χ4v) is 5.20. The Labute approximate surface area is 190 Å². The summed E-state index contributed by atoms with van der Waals surface area (Å²) in [5, 5.41) is 8.52. The predicted molar refractivity (Wildman–Crippen MR) is 125 cm³/mol. The number of benzene rings is 2. The van der Waals surface area contributed by atoms with Crippen molar-refractivity contribution in [3.05, 3.63) is 59.3 Å². The first-order valence-electron chi connectivity index (χ1n) is 10.7. The van der Waals surface area contributed by atoms with Crippen molar-refractivity contribution < 1.29 is 14.3 Å². The van der Waals surface area contributed by atoms with Crippen LogP contribution >= 0.6 is 11.3 Å². The second-order valence-corrected chi connectivity index (χ2v) is 8.60. The molecule has 0 bridgehead atoms. The van der Waals surface area contributed by atoms with Crippen LogP contribution in [-0.4, -0.2) is 33.9 Å². The Morgan fingerprint density at radius 1 is 1.16 bits per heavy atom. The maximum absolute atomic E-state index is 12.7. The van der Waals surface area contributed by atoms with E-state index in [0.717, 1.165) is 38.5 Å². The van der Waals surface area contributed by atoms with Crippen molar-refractivity contribution >= 4 is 33.3 Å². The van der Waals surface area contributed by atoms with Gasteiger partial charge in [0.05, 0.1) is 29.1 Å². The van der Waals surface area contributed by atoms with Gasteiger partial charge in [0.15, 0.2) is 0 Å². The molecule has 5 rings (SSSR count). The first kappa shape index (κ1) is 20.5. The fourth-order valence-electron chi connectivity index (χ4n) is 4.25. The number of hydrogen-bond acceptors (Lipinski definition) is 6. The number of aromatic nitrogens is 3. The van der Waals surface area contributed by atoms with Crippen LogP contribution < -0.4 is 14.8 Å². The van der Waals surface area contributed by atoms with E-state index in [0.29, 0.717) is 30.6 Å². The molecule has 2 aromatic heterocycles. The molecule has 0 fully saturated rings. The first-order valence-corrected chi connectivity index (χ1v) is 11.6. The van der Waals surface area contributed by atoms with E-state index in [1.165, 1.54) is 11.3 Å². The molecule has 1 aliphatic rings. The van der Waals surface area contributed by atoms with Gasteiger partial charge in [-0.3, -0.25) is 4.79 Å².